The zero-order chi connectivity index (χ0) is 65.5. The van der Waals surface area contributed by atoms with Crippen molar-refractivity contribution in [2.45, 2.75) is 341 Å². The van der Waals surface area contributed by atoms with E-state index in [1.54, 1.807) is 0 Å². The third-order valence-electron chi connectivity index (χ3n) is 16.3. The zero-order valence-electron chi connectivity index (χ0n) is 59.4. The molecule has 0 aromatic carbocycles. The van der Waals surface area contributed by atoms with E-state index in [0.29, 0.717) is 23.9 Å². The number of carbonyl (C=O) groups is 2. The third kappa shape index (κ3) is 73.7. The van der Waals surface area contributed by atoms with Crippen molar-refractivity contribution < 1.29 is 42.1 Å². The fourth-order valence-corrected chi connectivity index (χ4v) is 11.4. The van der Waals surface area contributed by atoms with Crippen LogP contribution in [0, 0.1) is 0 Å². The van der Waals surface area contributed by atoms with E-state index in [1.807, 2.05) is 21.1 Å². The second-order valence-electron chi connectivity index (χ2n) is 26.3. The highest BCUT2D eigenvalue weighted by Gasteiger charge is 2.27. The lowest BCUT2D eigenvalue weighted by Crippen LogP contribution is -2.37. The highest BCUT2D eigenvalue weighted by atomic mass is 31.2. The molecule has 0 saturated carbocycles. The van der Waals surface area contributed by atoms with Crippen LogP contribution in [0.1, 0.15) is 335 Å². The number of rotatable bonds is 69. The number of nitrogens with zero attached hydrogens (tertiary/aromatic N) is 1. The van der Waals surface area contributed by atoms with Crippen LogP contribution in [0.2, 0.25) is 0 Å². The van der Waals surface area contributed by atoms with Gasteiger partial charge < -0.3 is 18.9 Å². The Hall–Kier alpha value is -3.33. The Morgan fingerprint density at radius 1 is 0.356 bits per heavy atom. The van der Waals surface area contributed by atoms with Gasteiger partial charge in [0.2, 0.25) is 0 Å². The van der Waals surface area contributed by atoms with Crippen LogP contribution in [0.15, 0.2) is 109 Å². The summed E-state index contributed by atoms with van der Waals surface area (Å²) >= 11 is 0. The van der Waals surface area contributed by atoms with E-state index in [-0.39, 0.29) is 32.0 Å². The molecule has 0 radical (unpaired) electrons. The summed E-state index contributed by atoms with van der Waals surface area (Å²) < 4.78 is 34.7. The molecule has 0 amide bonds. The van der Waals surface area contributed by atoms with Gasteiger partial charge in [0.15, 0.2) is 6.10 Å². The van der Waals surface area contributed by atoms with Crippen molar-refractivity contribution in [3.63, 3.8) is 0 Å². The van der Waals surface area contributed by atoms with Gasteiger partial charge in [-0.05, 0) is 77.0 Å². The number of likely N-dealkylation sites (N-methyl/N-ethyl adjacent to an activating group) is 1. The summed E-state index contributed by atoms with van der Waals surface area (Å²) in [5.74, 6) is -0.862. The number of carbonyl (C=O) groups excluding carboxylic acids is 2. The lowest BCUT2D eigenvalue weighted by molar-refractivity contribution is -0.870. The number of quaternary nitrogens is 1. The summed E-state index contributed by atoms with van der Waals surface area (Å²) in [7, 11) is 1.44. The van der Waals surface area contributed by atoms with Gasteiger partial charge in [-0.15, -0.1) is 0 Å². The molecule has 2 atom stereocenters. The van der Waals surface area contributed by atoms with Crippen LogP contribution in [-0.4, -0.2) is 74.9 Å². The second-order valence-corrected chi connectivity index (χ2v) is 27.8. The fourth-order valence-electron chi connectivity index (χ4n) is 10.6. The Morgan fingerprint density at radius 3 is 0.933 bits per heavy atom. The Balaban J connectivity index is 4.05. The Labute approximate surface area is 556 Å². The summed E-state index contributed by atoms with van der Waals surface area (Å²) in [5.41, 5.74) is 0. The van der Waals surface area contributed by atoms with Gasteiger partial charge in [0.1, 0.15) is 19.8 Å². The summed E-state index contributed by atoms with van der Waals surface area (Å²) in [6.07, 6.45) is 99.6. The van der Waals surface area contributed by atoms with Crippen LogP contribution in [0.4, 0.5) is 0 Å². The number of esters is 2. The lowest BCUT2D eigenvalue weighted by Gasteiger charge is -2.24. The first kappa shape index (κ1) is 86.7. The van der Waals surface area contributed by atoms with E-state index < -0.39 is 26.5 Å². The van der Waals surface area contributed by atoms with Crippen LogP contribution < -0.4 is 0 Å². The number of phosphoric ester groups is 1. The molecule has 0 aliphatic carbocycles. The van der Waals surface area contributed by atoms with Gasteiger partial charge in [-0.3, -0.25) is 18.6 Å². The quantitative estimate of drug-likeness (QED) is 0.0211. The SMILES string of the molecule is CC/C=C\C/C=C\C/C=C\C/C=C\C/C=C\C/C=C\C/C=C\C/C=C\C/C=C\CCCC(=O)OC(COC(=O)CCCCCCCCCCCCCCCCCCCCCCCCCCCCCCCCCCCCCCC)COP(=O)(O)OCC[N+](C)(C)C. The summed E-state index contributed by atoms with van der Waals surface area (Å²) in [5, 5.41) is 0. The third-order valence-corrected chi connectivity index (χ3v) is 17.3. The van der Waals surface area contributed by atoms with Gasteiger partial charge in [0.05, 0.1) is 27.7 Å². The predicted molar refractivity (Wildman–Crippen MR) is 390 cm³/mol. The number of unbranched alkanes of at least 4 members (excludes halogenated alkanes) is 37. The highest BCUT2D eigenvalue weighted by molar-refractivity contribution is 7.47. The van der Waals surface area contributed by atoms with Gasteiger partial charge in [-0.2, -0.15) is 0 Å². The molecule has 520 valence electrons. The highest BCUT2D eigenvalue weighted by Crippen LogP contribution is 2.43. The molecule has 2 unspecified atom stereocenters. The van der Waals surface area contributed by atoms with Gasteiger partial charge in [-0.1, -0.05) is 354 Å². The topological polar surface area (TPSA) is 108 Å². The normalized spacial score (nSPS) is 13.7. The molecule has 0 aromatic rings. The second kappa shape index (κ2) is 70.0. The average molecular weight is 1280 g/mol. The fraction of sp³-hybridized carbons (Fsp3) is 0.750. The maximum absolute atomic E-state index is 12.9. The molecule has 0 fully saturated rings. The predicted octanol–water partition coefficient (Wildman–Crippen LogP) is 24.8. The number of ether oxygens (including phenoxy) is 2. The summed E-state index contributed by atoms with van der Waals surface area (Å²) in [6.45, 7) is 4.29. The first-order valence-electron chi connectivity index (χ1n) is 37.6. The minimum atomic E-state index is -4.42. The average Bonchev–Trinajstić information content (AvgIpc) is 3.58. The molecule has 0 saturated heterocycles. The van der Waals surface area contributed by atoms with Crippen molar-refractivity contribution >= 4 is 19.8 Å². The van der Waals surface area contributed by atoms with E-state index in [9.17, 15) is 19.0 Å². The molecule has 0 aliphatic heterocycles. The van der Waals surface area contributed by atoms with Gasteiger partial charge in [0, 0.05) is 12.8 Å². The molecule has 0 bridgehead atoms. The van der Waals surface area contributed by atoms with Crippen molar-refractivity contribution in [2.24, 2.45) is 0 Å². The molecule has 9 nitrogen and oxygen atoms in total. The van der Waals surface area contributed by atoms with Crippen molar-refractivity contribution in [1.29, 1.82) is 0 Å². The van der Waals surface area contributed by atoms with Crippen LogP contribution in [-0.2, 0) is 32.7 Å². The smallest absolute Gasteiger partial charge is 0.462 e. The number of hydrogen-bond acceptors (Lipinski definition) is 7. The number of allylic oxidation sites excluding steroid dienone is 18. The Morgan fingerprint density at radius 2 is 0.633 bits per heavy atom. The molecule has 10 heteroatoms. The van der Waals surface area contributed by atoms with Gasteiger partial charge in [0.25, 0.3) is 0 Å². The Bertz CT molecular complexity index is 1890. The first-order valence-corrected chi connectivity index (χ1v) is 39.1. The van der Waals surface area contributed by atoms with Crippen LogP contribution in [0.25, 0.3) is 0 Å². The molecule has 0 aromatic heterocycles. The molecule has 90 heavy (non-hydrogen) atoms. The van der Waals surface area contributed by atoms with E-state index in [0.717, 1.165) is 77.0 Å². The molecule has 0 aliphatic rings. The molecule has 1 N–H and O–H groups in total. The molecule has 0 rings (SSSR count). The molecular weight excluding hydrogens is 1130 g/mol. The van der Waals surface area contributed by atoms with Crippen LogP contribution in [0.5, 0.6) is 0 Å². The maximum atomic E-state index is 12.9. The largest absolute Gasteiger partial charge is 0.472 e. The van der Waals surface area contributed by atoms with Gasteiger partial charge >= 0.3 is 19.8 Å². The summed E-state index contributed by atoms with van der Waals surface area (Å²) in [4.78, 5) is 35.9. The number of phosphoric acid groups is 1. The minimum Gasteiger partial charge on any atom is -0.462 e. The molecule has 0 spiro atoms. The van der Waals surface area contributed by atoms with Crippen molar-refractivity contribution in [2.75, 3.05) is 47.5 Å². The summed E-state index contributed by atoms with van der Waals surface area (Å²) in [6, 6.07) is 0. The zero-order valence-corrected chi connectivity index (χ0v) is 60.2. The van der Waals surface area contributed by atoms with Gasteiger partial charge in [-0.25, -0.2) is 4.57 Å². The van der Waals surface area contributed by atoms with Crippen LogP contribution >= 0.6 is 7.82 Å². The van der Waals surface area contributed by atoms with E-state index in [4.69, 9.17) is 18.5 Å². The van der Waals surface area contributed by atoms with Crippen molar-refractivity contribution in [3.8, 4) is 0 Å². The van der Waals surface area contributed by atoms with Crippen LogP contribution in [0.3, 0.4) is 0 Å². The van der Waals surface area contributed by atoms with Crippen molar-refractivity contribution in [1.82, 2.24) is 0 Å². The first-order chi connectivity index (χ1) is 44.0. The maximum Gasteiger partial charge on any atom is 0.472 e. The minimum absolute atomic E-state index is 0.0165. The standard InChI is InChI=1S/C80H142NO8P/c1-6-8-10-12-14-16-18-20-22-24-26-28-30-32-34-36-37-38-39-40-41-42-43-45-46-48-50-52-54-56-58-60-62-64-66-68-70-72-79(82)86-76-78(77-88-90(84,85)87-75-74-81(3,4)5)89-80(83)73-71-69-67-65-63-61-59-57-55-53-51-49-47-44-35-33-31-29-27-25-23-21-19-17-15-13-11-9-7-2/h9,11,15,17,21,23,27,29,33,35,47,49,53,55,59,61,65,67,78H,6-8,10,12-14,16,18-20,22,24-26,28,30-32,34,36-46,48,50-52,54,56-58,60,62-64,66,68-77H2,1-5H3/p+1/b11-9-,17-15-,23-21-,29-27-,35-33-,49-47-,55-53-,61-59-,67-65-. The number of hydrogen-bond donors (Lipinski definition) is 1. The van der Waals surface area contributed by atoms with Crippen molar-refractivity contribution in [3.05, 3.63) is 109 Å². The van der Waals surface area contributed by atoms with E-state index in [1.165, 1.54) is 218 Å². The van der Waals surface area contributed by atoms with E-state index >= 15 is 0 Å². The molecule has 0 heterocycles. The monoisotopic (exact) mass is 1280 g/mol. The Kier molecular flexibility index (Phi) is 67.4. The molecular formula is C80H143NO8P+. The lowest BCUT2D eigenvalue weighted by atomic mass is 10.0. The van der Waals surface area contributed by atoms with E-state index in [2.05, 4.69) is 123 Å².